The minimum Gasteiger partial charge on any atom is -0.465 e. The molecule has 3 rings (SSSR count). The van der Waals surface area contributed by atoms with Crippen molar-refractivity contribution in [2.24, 2.45) is 0 Å². The molecule has 1 aromatic heterocycles. The lowest BCUT2D eigenvalue weighted by atomic mass is 10.2. The summed E-state index contributed by atoms with van der Waals surface area (Å²) in [6.07, 6.45) is 2.75. The van der Waals surface area contributed by atoms with E-state index in [-0.39, 0.29) is 18.0 Å². The van der Waals surface area contributed by atoms with Crippen molar-refractivity contribution in [2.45, 2.75) is 6.54 Å². The number of nitrogens with zero attached hydrogens (tertiary/aromatic N) is 2. The maximum absolute atomic E-state index is 12.3. The van der Waals surface area contributed by atoms with E-state index in [1.54, 1.807) is 30.5 Å². The van der Waals surface area contributed by atoms with E-state index >= 15 is 0 Å². The Kier molecular flexibility index (Phi) is 5.41. The predicted molar refractivity (Wildman–Crippen MR) is 100 cm³/mol. The molecule has 7 nitrogen and oxygen atoms in total. The molecule has 7 heteroatoms. The Balaban J connectivity index is 1.72. The third kappa shape index (κ3) is 4.46. The molecule has 0 aliphatic rings. The molecule has 0 fully saturated rings. The molecular weight excluding hydrogens is 346 g/mol. The van der Waals surface area contributed by atoms with Crippen LogP contribution in [0.15, 0.2) is 71.8 Å². The van der Waals surface area contributed by atoms with Crippen LogP contribution in [-0.4, -0.2) is 28.5 Å². The maximum Gasteiger partial charge on any atom is 0.337 e. The zero-order chi connectivity index (χ0) is 19.2. The number of rotatable bonds is 5. The Morgan fingerprint density at radius 3 is 2.44 bits per heavy atom. The van der Waals surface area contributed by atoms with Crippen LogP contribution in [0.4, 0.5) is 5.69 Å². The molecule has 27 heavy (non-hydrogen) atoms. The van der Waals surface area contributed by atoms with Crippen molar-refractivity contribution in [3.63, 3.8) is 0 Å². The summed E-state index contributed by atoms with van der Waals surface area (Å²) in [5.74, 6) is -0.821. The molecule has 3 aromatic rings. The number of carbonyl (C=O) groups is 2. The van der Waals surface area contributed by atoms with Crippen molar-refractivity contribution in [1.82, 2.24) is 9.55 Å². The van der Waals surface area contributed by atoms with Crippen LogP contribution in [-0.2, 0) is 16.1 Å². The summed E-state index contributed by atoms with van der Waals surface area (Å²) in [6, 6.07) is 15.7. The smallest absolute Gasteiger partial charge is 0.337 e. The van der Waals surface area contributed by atoms with E-state index in [0.717, 1.165) is 5.56 Å². The van der Waals surface area contributed by atoms with Crippen molar-refractivity contribution in [1.29, 1.82) is 0 Å². The molecule has 2 aromatic carbocycles. The number of esters is 1. The zero-order valence-corrected chi connectivity index (χ0v) is 14.6. The lowest BCUT2D eigenvalue weighted by Gasteiger charge is -2.09. The lowest BCUT2D eigenvalue weighted by molar-refractivity contribution is -0.116. The van der Waals surface area contributed by atoms with Crippen LogP contribution in [0.25, 0.3) is 11.3 Å². The average molecular weight is 363 g/mol. The minimum atomic E-state index is -0.454. The molecule has 1 amide bonds. The largest absolute Gasteiger partial charge is 0.465 e. The van der Waals surface area contributed by atoms with E-state index in [1.807, 2.05) is 30.3 Å². The Hall–Kier alpha value is -3.74. The highest BCUT2D eigenvalue weighted by Crippen LogP contribution is 2.14. The zero-order valence-electron chi connectivity index (χ0n) is 14.6. The molecule has 0 aliphatic carbocycles. The monoisotopic (exact) mass is 363 g/mol. The number of aromatic nitrogens is 2. The number of ether oxygens (including phenoxy) is 1. The second-order valence-electron chi connectivity index (χ2n) is 5.72. The van der Waals surface area contributed by atoms with Crippen LogP contribution in [0, 0.1) is 0 Å². The van der Waals surface area contributed by atoms with Gasteiger partial charge in [0, 0.05) is 17.4 Å². The predicted octanol–water partition coefficient (Wildman–Crippen LogP) is 2.34. The Labute approximate surface area is 155 Å². The number of amides is 1. The number of methoxy groups -OCH3 is 1. The fraction of sp³-hybridized carbons (Fsp3) is 0.100. The lowest BCUT2D eigenvalue weighted by Crippen LogP contribution is -2.27. The van der Waals surface area contributed by atoms with E-state index in [9.17, 15) is 14.4 Å². The normalized spacial score (nSPS) is 10.3. The molecular formula is C20H17N3O4. The number of nitrogens with one attached hydrogen (secondary N) is 1. The van der Waals surface area contributed by atoms with Gasteiger partial charge in [-0.2, -0.15) is 0 Å². The van der Waals surface area contributed by atoms with Gasteiger partial charge in [0.15, 0.2) is 0 Å². The molecule has 0 aliphatic heterocycles. The van der Waals surface area contributed by atoms with Gasteiger partial charge in [-0.1, -0.05) is 30.3 Å². The third-order valence-corrected chi connectivity index (χ3v) is 3.85. The number of benzene rings is 2. The first-order chi connectivity index (χ1) is 13.1. The maximum atomic E-state index is 12.3. The molecule has 0 bridgehead atoms. The van der Waals surface area contributed by atoms with Crippen LogP contribution >= 0.6 is 0 Å². The molecule has 0 saturated carbocycles. The van der Waals surface area contributed by atoms with Crippen LogP contribution in [0.3, 0.4) is 0 Å². The first kappa shape index (κ1) is 18.1. The van der Waals surface area contributed by atoms with Crippen LogP contribution in [0.2, 0.25) is 0 Å². The van der Waals surface area contributed by atoms with E-state index < -0.39 is 5.97 Å². The summed E-state index contributed by atoms with van der Waals surface area (Å²) < 4.78 is 5.93. The van der Waals surface area contributed by atoms with Gasteiger partial charge >= 0.3 is 5.97 Å². The molecule has 0 spiro atoms. The first-order valence-corrected chi connectivity index (χ1v) is 8.17. The van der Waals surface area contributed by atoms with Gasteiger partial charge in [-0.15, -0.1) is 0 Å². The van der Waals surface area contributed by atoms with Gasteiger partial charge in [-0.05, 0) is 24.3 Å². The fourth-order valence-electron chi connectivity index (χ4n) is 2.49. The number of anilines is 1. The topological polar surface area (TPSA) is 90.3 Å². The highest BCUT2D eigenvalue weighted by atomic mass is 16.5. The molecule has 0 unspecified atom stereocenters. The van der Waals surface area contributed by atoms with E-state index in [4.69, 9.17) is 0 Å². The van der Waals surface area contributed by atoms with Gasteiger partial charge in [0.25, 0.3) is 5.56 Å². The summed E-state index contributed by atoms with van der Waals surface area (Å²) in [5, 5.41) is 2.69. The molecule has 0 atom stereocenters. The Morgan fingerprint density at radius 2 is 1.78 bits per heavy atom. The molecule has 136 valence electrons. The summed E-state index contributed by atoms with van der Waals surface area (Å²) in [4.78, 5) is 39.8. The van der Waals surface area contributed by atoms with Crippen molar-refractivity contribution in [3.05, 3.63) is 82.9 Å². The van der Waals surface area contributed by atoms with Crippen molar-refractivity contribution >= 4 is 17.6 Å². The second kappa shape index (κ2) is 8.09. The second-order valence-corrected chi connectivity index (χ2v) is 5.72. The van der Waals surface area contributed by atoms with Crippen molar-refractivity contribution in [3.8, 4) is 11.3 Å². The quantitative estimate of drug-likeness (QED) is 0.703. The van der Waals surface area contributed by atoms with Gasteiger partial charge in [-0.3, -0.25) is 9.59 Å². The SMILES string of the molecule is COC(=O)c1ccc(NC(=O)Cn2cc(-c3ccccc3)ncc2=O)cc1. The fourth-order valence-corrected chi connectivity index (χ4v) is 2.49. The minimum absolute atomic E-state index is 0.153. The summed E-state index contributed by atoms with van der Waals surface area (Å²) in [6.45, 7) is -0.153. The van der Waals surface area contributed by atoms with E-state index in [2.05, 4.69) is 15.0 Å². The number of carbonyl (C=O) groups excluding carboxylic acids is 2. The molecule has 1 N–H and O–H groups in total. The summed E-state index contributed by atoms with van der Waals surface area (Å²) in [7, 11) is 1.30. The van der Waals surface area contributed by atoms with Crippen molar-refractivity contribution in [2.75, 3.05) is 12.4 Å². The molecule has 0 saturated heterocycles. The summed E-state index contributed by atoms with van der Waals surface area (Å²) in [5.41, 5.74) is 1.98. The average Bonchev–Trinajstić information content (AvgIpc) is 2.70. The van der Waals surface area contributed by atoms with Crippen LogP contribution in [0.1, 0.15) is 10.4 Å². The van der Waals surface area contributed by atoms with Gasteiger partial charge in [-0.25, -0.2) is 9.78 Å². The standard InChI is InChI=1S/C20H17N3O4/c1-27-20(26)15-7-9-16(10-8-15)22-18(24)13-23-12-17(21-11-19(23)25)14-5-3-2-4-6-14/h2-12H,13H2,1H3,(H,22,24). The third-order valence-electron chi connectivity index (χ3n) is 3.85. The van der Waals surface area contributed by atoms with Gasteiger partial charge in [0.1, 0.15) is 6.54 Å². The highest BCUT2D eigenvalue weighted by molar-refractivity contribution is 5.93. The number of hydrogen-bond donors (Lipinski definition) is 1. The van der Waals surface area contributed by atoms with Gasteiger partial charge in [0.2, 0.25) is 5.91 Å². The van der Waals surface area contributed by atoms with Gasteiger partial charge in [0.05, 0.1) is 24.6 Å². The number of hydrogen-bond acceptors (Lipinski definition) is 5. The van der Waals surface area contributed by atoms with Gasteiger partial charge < -0.3 is 14.6 Å². The Bertz CT molecular complexity index is 1010. The summed E-state index contributed by atoms with van der Waals surface area (Å²) >= 11 is 0. The molecule has 1 heterocycles. The Morgan fingerprint density at radius 1 is 1.07 bits per heavy atom. The van der Waals surface area contributed by atoms with Crippen molar-refractivity contribution < 1.29 is 14.3 Å². The molecule has 0 radical (unpaired) electrons. The first-order valence-electron chi connectivity index (χ1n) is 8.17. The van der Waals surface area contributed by atoms with Crippen LogP contribution < -0.4 is 10.9 Å². The van der Waals surface area contributed by atoms with E-state index in [1.165, 1.54) is 17.9 Å². The highest BCUT2D eigenvalue weighted by Gasteiger charge is 2.09. The van der Waals surface area contributed by atoms with E-state index in [0.29, 0.717) is 16.9 Å². The van der Waals surface area contributed by atoms with Crippen LogP contribution in [0.5, 0.6) is 0 Å².